The summed E-state index contributed by atoms with van der Waals surface area (Å²) >= 11 is 0. The van der Waals surface area contributed by atoms with Gasteiger partial charge in [0.05, 0.1) is 16.9 Å². The van der Waals surface area contributed by atoms with Crippen LogP contribution in [0, 0.1) is 5.82 Å². The average molecular weight is 291 g/mol. The van der Waals surface area contributed by atoms with E-state index in [1.54, 1.807) is 6.07 Å². The van der Waals surface area contributed by atoms with E-state index in [9.17, 15) is 9.18 Å². The van der Waals surface area contributed by atoms with Crippen LogP contribution >= 0.6 is 0 Å². The quantitative estimate of drug-likeness (QED) is 0.679. The number of hydrogen-bond donors (Lipinski definition) is 1. The highest BCUT2D eigenvalue weighted by atomic mass is 19.1. The Morgan fingerprint density at radius 1 is 1.48 bits per heavy atom. The number of ether oxygens (including phenoxy) is 1. The van der Waals surface area contributed by atoms with Crippen molar-refractivity contribution in [1.82, 2.24) is 9.78 Å². The van der Waals surface area contributed by atoms with Crippen molar-refractivity contribution in [3.8, 4) is 0 Å². The van der Waals surface area contributed by atoms with Crippen molar-refractivity contribution < 1.29 is 13.9 Å². The lowest BCUT2D eigenvalue weighted by molar-refractivity contribution is 0.0467. The van der Waals surface area contributed by atoms with Crippen LogP contribution in [0.5, 0.6) is 0 Å². The minimum Gasteiger partial charge on any atom is -0.456 e. The number of carbonyl (C=O) groups excluding carboxylic acids is 1. The maximum absolute atomic E-state index is 13.0. The Morgan fingerprint density at radius 3 is 2.90 bits per heavy atom. The third-order valence-corrected chi connectivity index (χ3v) is 3.29. The first kappa shape index (κ1) is 15.0. The normalized spacial score (nSPS) is 12.1. The lowest BCUT2D eigenvalue weighted by atomic mass is 10.2. The van der Waals surface area contributed by atoms with Gasteiger partial charge in [-0.2, -0.15) is 5.10 Å². The van der Waals surface area contributed by atoms with Crippen molar-refractivity contribution in [2.75, 3.05) is 5.73 Å². The van der Waals surface area contributed by atoms with Gasteiger partial charge in [-0.05, 0) is 37.6 Å². The maximum Gasteiger partial charge on any atom is 0.338 e. The zero-order chi connectivity index (χ0) is 15.4. The maximum atomic E-state index is 13.0. The molecule has 0 radical (unpaired) electrons. The van der Waals surface area contributed by atoms with Crippen LogP contribution in [0.1, 0.15) is 42.4 Å². The fourth-order valence-corrected chi connectivity index (χ4v) is 1.78. The highest BCUT2D eigenvalue weighted by Gasteiger charge is 2.11. The number of halogens is 1. The minimum absolute atomic E-state index is 0.0690. The number of aromatic nitrogens is 2. The van der Waals surface area contributed by atoms with Crippen LogP contribution in [-0.2, 0) is 11.3 Å². The third kappa shape index (κ3) is 3.59. The van der Waals surface area contributed by atoms with Crippen LogP contribution in [0.4, 0.5) is 10.1 Å². The predicted octanol–water partition coefficient (Wildman–Crippen LogP) is 2.93. The molecule has 0 aliphatic rings. The van der Waals surface area contributed by atoms with Gasteiger partial charge in [0.2, 0.25) is 0 Å². The van der Waals surface area contributed by atoms with Crippen molar-refractivity contribution in [2.24, 2.45) is 0 Å². The van der Waals surface area contributed by atoms with E-state index < -0.39 is 11.8 Å². The van der Waals surface area contributed by atoms with Crippen LogP contribution in [0.3, 0.4) is 0 Å². The monoisotopic (exact) mass is 291 g/mol. The molecule has 2 aromatic rings. The second-order valence-corrected chi connectivity index (χ2v) is 4.86. The molecule has 0 spiro atoms. The fraction of sp³-hybridized carbons (Fsp3) is 0.333. The molecular formula is C15H18FN3O2. The van der Waals surface area contributed by atoms with E-state index in [1.165, 1.54) is 12.1 Å². The van der Waals surface area contributed by atoms with Crippen LogP contribution in [0.15, 0.2) is 30.5 Å². The number of nitrogen functional groups attached to an aromatic ring is 1. The number of esters is 1. The molecule has 0 fully saturated rings. The van der Waals surface area contributed by atoms with E-state index in [-0.39, 0.29) is 17.9 Å². The summed E-state index contributed by atoms with van der Waals surface area (Å²) in [6.07, 6.45) is 2.82. The van der Waals surface area contributed by atoms with Gasteiger partial charge in [0.15, 0.2) is 0 Å². The number of nitrogens with zero attached hydrogens (tertiary/aromatic N) is 2. The van der Waals surface area contributed by atoms with E-state index in [2.05, 4.69) is 18.9 Å². The smallest absolute Gasteiger partial charge is 0.338 e. The van der Waals surface area contributed by atoms with Gasteiger partial charge in [-0.15, -0.1) is 0 Å². The number of nitrogens with two attached hydrogens (primary N) is 1. The largest absolute Gasteiger partial charge is 0.456 e. The van der Waals surface area contributed by atoms with Crippen molar-refractivity contribution in [2.45, 2.75) is 32.9 Å². The number of benzene rings is 1. The molecule has 1 unspecified atom stereocenters. The molecule has 6 heteroatoms. The first-order valence-corrected chi connectivity index (χ1v) is 6.77. The SMILES string of the molecule is CCC(C)n1ccc(COC(=O)c2ccc(F)c(N)c2)n1. The summed E-state index contributed by atoms with van der Waals surface area (Å²) in [6, 6.07) is 5.84. The predicted molar refractivity (Wildman–Crippen MR) is 77.2 cm³/mol. The Labute approximate surface area is 122 Å². The molecule has 0 saturated carbocycles. The van der Waals surface area contributed by atoms with Crippen molar-refractivity contribution >= 4 is 11.7 Å². The Balaban J connectivity index is 1.97. The summed E-state index contributed by atoms with van der Waals surface area (Å²) in [5.74, 6) is -1.11. The zero-order valence-electron chi connectivity index (χ0n) is 12.0. The average Bonchev–Trinajstić information content (AvgIpc) is 2.95. The number of carbonyl (C=O) groups is 1. The summed E-state index contributed by atoms with van der Waals surface area (Å²) < 4.78 is 20.0. The Morgan fingerprint density at radius 2 is 2.24 bits per heavy atom. The molecule has 1 aromatic heterocycles. The van der Waals surface area contributed by atoms with Gasteiger partial charge in [0, 0.05) is 12.2 Å². The fourth-order valence-electron chi connectivity index (χ4n) is 1.78. The van der Waals surface area contributed by atoms with E-state index in [0.29, 0.717) is 11.7 Å². The highest BCUT2D eigenvalue weighted by Crippen LogP contribution is 2.14. The van der Waals surface area contributed by atoms with Gasteiger partial charge >= 0.3 is 5.97 Å². The standard InChI is InChI=1S/C15H18FN3O2/c1-3-10(2)19-7-6-12(18-19)9-21-15(20)11-4-5-13(16)14(17)8-11/h4-8,10H,3,9,17H2,1-2H3. The number of hydrogen-bond acceptors (Lipinski definition) is 4. The molecule has 0 bridgehead atoms. The molecule has 21 heavy (non-hydrogen) atoms. The van der Waals surface area contributed by atoms with Gasteiger partial charge < -0.3 is 10.5 Å². The molecule has 0 aliphatic heterocycles. The summed E-state index contributed by atoms with van der Waals surface area (Å²) in [6.45, 7) is 4.20. The van der Waals surface area contributed by atoms with Crippen LogP contribution in [0.2, 0.25) is 0 Å². The summed E-state index contributed by atoms with van der Waals surface area (Å²) in [7, 11) is 0. The van der Waals surface area contributed by atoms with E-state index in [0.717, 1.165) is 12.5 Å². The first-order chi connectivity index (χ1) is 10.0. The molecule has 2 rings (SSSR count). The molecule has 112 valence electrons. The van der Waals surface area contributed by atoms with Crippen molar-refractivity contribution in [1.29, 1.82) is 0 Å². The van der Waals surface area contributed by atoms with Crippen LogP contribution in [-0.4, -0.2) is 15.7 Å². The minimum atomic E-state index is -0.557. The van der Waals surface area contributed by atoms with Crippen LogP contribution < -0.4 is 5.73 Å². The molecular weight excluding hydrogens is 273 g/mol. The number of anilines is 1. The van der Waals surface area contributed by atoms with Crippen LogP contribution in [0.25, 0.3) is 0 Å². The Hall–Kier alpha value is -2.37. The molecule has 0 aliphatic carbocycles. The van der Waals surface area contributed by atoms with Gasteiger partial charge in [-0.1, -0.05) is 6.92 Å². The summed E-state index contributed by atoms with van der Waals surface area (Å²) in [5, 5.41) is 4.33. The Bertz CT molecular complexity index is 640. The van der Waals surface area contributed by atoms with Gasteiger partial charge in [-0.25, -0.2) is 9.18 Å². The molecule has 1 heterocycles. The molecule has 2 N–H and O–H groups in total. The first-order valence-electron chi connectivity index (χ1n) is 6.77. The molecule has 0 amide bonds. The molecule has 1 aromatic carbocycles. The summed E-state index contributed by atoms with van der Waals surface area (Å²) in [5.41, 5.74) is 6.22. The molecule has 5 nitrogen and oxygen atoms in total. The third-order valence-electron chi connectivity index (χ3n) is 3.29. The second-order valence-electron chi connectivity index (χ2n) is 4.86. The van der Waals surface area contributed by atoms with Gasteiger partial charge in [0.1, 0.15) is 12.4 Å². The lowest BCUT2D eigenvalue weighted by Gasteiger charge is -2.08. The van der Waals surface area contributed by atoms with Gasteiger partial charge in [-0.3, -0.25) is 4.68 Å². The van der Waals surface area contributed by atoms with E-state index in [1.807, 2.05) is 10.9 Å². The van der Waals surface area contributed by atoms with Crippen molar-refractivity contribution in [3.63, 3.8) is 0 Å². The van der Waals surface area contributed by atoms with Crippen molar-refractivity contribution in [3.05, 3.63) is 47.5 Å². The molecule has 0 saturated heterocycles. The van der Waals surface area contributed by atoms with E-state index in [4.69, 9.17) is 10.5 Å². The topological polar surface area (TPSA) is 70.1 Å². The van der Waals surface area contributed by atoms with E-state index >= 15 is 0 Å². The lowest BCUT2D eigenvalue weighted by Crippen LogP contribution is -2.08. The second kappa shape index (κ2) is 6.39. The van der Waals surface area contributed by atoms with Gasteiger partial charge in [0.25, 0.3) is 0 Å². The number of rotatable bonds is 5. The zero-order valence-corrected chi connectivity index (χ0v) is 12.0. The summed E-state index contributed by atoms with van der Waals surface area (Å²) in [4.78, 5) is 11.8. The Kier molecular flexibility index (Phi) is 4.57. The molecule has 1 atom stereocenters. The highest BCUT2D eigenvalue weighted by molar-refractivity contribution is 5.90.